The molecule has 0 bridgehead atoms. The highest BCUT2D eigenvalue weighted by Gasteiger charge is 2.39. The molecule has 1 aliphatic carbocycles. The minimum Gasteiger partial charge on any atom is -0.435 e. The second-order valence-corrected chi connectivity index (χ2v) is 8.14. The second kappa shape index (κ2) is 8.49. The van der Waals surface area contributed by atoms with Gasteiger partial charge in [-0.15, -0.1) is 11.3 Å². The number of anilines is 1. The molecule has 0 radical (unpaired) electrons. The van der Waals surface area contributed by atoms with Crippen LogP contribution in [-0.2, 0) is 11.0 Å². The van der Waals surface area contributed by atoms with Crippen molar-refractivity contribution in [2.45, 2.75) is 44.5 Å². The second-order valence-electron chi connectivity index (χ2n) is 7.28. The Bertz CT molecular complexity index is 1110. The first-order valence-electron chi connectivity index (χ1n) is 9.60. The number of rotatable bonds is 7. The fourth-order valence-corrected chi connectivity index (χ4v) is 3.86. The number of halogens is 5. The smallest absolute Gasteiger partial charge is 0.435 e. The molecule has 1 aliphatic rings. The Labute approximate surface area is 183 Å². The molecular formula is C20H17F5N4O2S. The Morgan fingerprint density at radius 2 is 1.94 bits per heavy atom. The maximum atomic E-state index is 13.1. The highest BCUT2D eigenvalue weighted by molar-refractivity contribution is 7.14. The van der Waals surface area contributed by atoms with Crippen LogP contribution in [-0.4, -0.2) is 27.3 Å². The molecule has 1 amide bonds. The molecule has 0 spiro atoms. The molecule has 3 aromatic rings. The largest absolute Gasteiger partial charge is 0.435 e. The summed E-state index contributed by atoms with van der Waals surface area (Å²) in [7, 11) is 0. The molecule has 1 unspecified atom stereocenters. The van der Waals surface area contributed by atoms with E-state index in [-0.39, 0.29) is 16.8 Å². The topological polar surface area (TPSA) is 69.0 Å². The van der Waals surface area contributed by atoms with Crippen LogP contribution in [0.3, 0.4) is 0 Å². The van der Waals surface area contributed by atoms with E-state index in [9.17, 15) is 26.7 Å². The van der Waals surface area contributed by atoms with Gasteiger partial charge in [0.15, 0.2) is 10.8 Å². The number of alkyl halides is 5. The Kier molecular flexibility index (Phi) is 5.89. The number of hydrogen-bond donors (Lipinski definition) is 1. The third-order valence-electron chi connectivity index (χ3n) is 4.91. The first-order valence-corrected chi connectivity index (χ1v) is 10.5. The van der Waals surface area contributed by atoms with Crippen molar-refractivity contribution in [3.63, 3.8) is 0 Å². The lowest BCUT2D eigenvalue weighted by Crippen LogP contribution is -2.26. The minimum absolute atomic E-state index is 0.00486. The van der Waals surface area contributed by atoms with E-state index in [0.29, 0.717) is 17.0 Å². The standard InChI is InChI=1S/C20H17F5N4O2S/c1-10(29-15(12-2-3-12)8-16(28-29)20(23,24)25)17(30)27-19-26-14(9-32-19)11-4-6-13(7-5-11)31-18(21)22/h4-10,12,18H,2-3H2,1H3,(H,26,27,30). The van der Waals surface area contributed by atoms with E-state index >= 15 is 0 Å². The van der Waals surface area contributed by atoms with Gasteiger partial charge in [0, 0.05) is 22.6 Å². The molecule has 1 atom stereocenters. The lowest BCUT2D eigenvalue weighted by molar-refractivity contribution is -0.141. The van der Waals surface area contributed by atoms with Gasteiger partial charge < -0.3 is 10.1 Å². The first kappa shape index (κ1) is 22.2. The highest BCUT2D eigenvalue weighted by atomic mass is 32.1. The summed E-state index contributed by atoms with van der Waals surface area (Å²) in [6, 6.07) is 5.87. The summed E-state index contributed by atoms with van der Waals surface area (Å²) in [6.45, 7) is -1.45. The maximum absolute atomic E-state index is 13.1. The molecule has 1 saturated carbocycles. The fraction of sp³-hybridized carbons (Fsp3) is 0.350. The summed E-state index contributed by atoms with van der Waals surface area (Å²) in [6.07, 6.45) is -3.08. The molecule has 2 aromatic heterocycles. The predicted octanol–water partition coefficient (Wildman–Crippen LogP) is 5.70. The van der Waals surface area contributed by atoms with Crippen LogP contribution >= 0.6 is 11.3 Å². The number of benzene rings is 1. The number of thiazole rings is 1. The lowest BCUT2D eigenvalue weighted by Gasteiger charge is -2.14. The monoisotopic (exact) mass is 472 g/mol. The van der Waals surface area contributed by atoms with E-state index in [1.165, 1.54) is 19.1 Å². The predicted molar refractivity (Wildman–Crippen MR) is 107 cm³/mol. The zero-order valence-corrected chi connectivity index (χ0v) is 17.4. The third kappa shape index (κ3) is 4.90. The summed E-state index contributed by atoms with van der Waals surface area (Å²) < 4.78 is 69.2. The maximum Gasteiger partial charge on any atom is 0.435 e. The molecule has 0 saturated heterocycles. The molecule has 170 valence electrons. The summed E-state index contributed by atoms with van der Waals surface area (Å²) in [5.74, 6) is -0.576. The van der Waals surface area contributed by atoms with E-state index < -0.39 is 30.4 Å². The number of carbonyl (C=O) groups excluding carboxylic acids is 1. The zero-order valence-electron chi connectivity index (χ0n) is 16.6. The number of aromatic nitrogens is 3. The van der Waals surface area contributed by atoms with Crippen LogP contribution < -0.4 is 10.1 Å². The van der Waals surface area contributed by atoms with Crippen molar-refractivity contribution >= 4 is 22.4 Å². The van der Waals surface area contributed by atoms with Gasteiger partial charge in [-0.25, -0.2) is 4.98 Å². The number of nitrogens with zero attached hydrogens (tertiary/aromatic N) is 3. The van der Waals surface area contributed by atoms with Crippen molar-refractivity contribution in [3.8, 4) is 17.0 Å². The minimum atomic E-state index is -4.59. The highest BCUT2D eigenvalue weighted by Crippen LogP contribution is 2.43. The summed E-state index contributed by atoms with van der Waals surface area (Å²) in [5, 5.41) is 8.15. The molecular weight excluding hydrogens is 455 g/mol. The van der Waals surface area contributed by atoms with Crippen molar-refractivity contribution in [3.05, 3.63) is 47.1 Å². The first-order chi connectivity index (χ1) is 15.1. The molecule has 6 nitrogen and oxygen atoms in total. The van der Waals surface area contributed by atoms with Crippen LogP contribution in [0.1, 0.15) is 43.1 Å². The van der Waals surface area contributed by atoms with E-state index in [1.54, 1.807) is 17.5 Å². The number of ether oxygens (including phenoxy) is 1. The van der Waals surface area contributed by atoms with Crippen molar-refractivity contribution in [1.29, 1.82) is 0 Å². The van der Waals surface area contributed by atoms with Gasteiger partial charge in [-0.1, -0.05) is 0 Å². The van der Waals surface area contributed by atoms with Gasteiger partial charge >= 0.3 is 12.8 Å². The number of amides is 1. The quantitative estimate of drug-likeness (QED) is 0.448. The summed E-state index contributed by atoms with van der Waals surface area (Å²) in [4.78, 5) is 17.0. The Morgan fingerprint density at radius 3 is 2.53 bits per heavy atom. The SMILES string of the molecule is CC(C(=O)Nc1nc(-c2ccc(OC(F)F)cc2)cs1)n1nc(C(F)(F)F)cc1C1CC1. The van der Waals surface area contributed by atoms with Crippen molar-refractivity contribution in [1.82, 2.24) is 14.8 Å². The normalized spacial score (nSPS) is 15.1. The van der Waals surface area contributed by atoms with E-state index in [1.807, 2.05) is 0 Å². The van der Waals surface area contributed by atoms with Crippen LogP contribution in [0, 0.1) is 0 Å². The van der Waals surface area contributed by atoms with Gasteiger partial charge in [-0.2, -0.15) is 27.1 Å². The summed E-state index contributed by atoms with van der Waals surface area (Å²) in [5.41, 5.74) is 0.494. The average molecular weight is 472 g/mol. The molecule has 12 heteroatoms. The zero-order chi connectivity index (χ0) is 23.0. The van der Waals surface area contributed by atoms with E-state index in [0.717, 1.165) is 34.9 Å². The number of carbonyl (C=O) groups is 1. The van der Waals surface area contributed by atoms with Crippen LogP contribution in [0.15, 0.2) is 35.7 Å². The Morgan fingerprint density at radius 1 is 1.25 bits per heavy atom. The molecule has 1 fully saturated rings. The van der Waals surface area contributed by atoms with Crippen LogP contribution in [0.5, 0.6) is 5.75 Å². The third-order valence-corrected chi connectivity index (χ3v) is 5.66. The molecule has 2 heterocycles. The van der Waals surface area contributed by atoms with Gasteiger partial charge in [-0.3, -0.25) is 9.48 Å². The van der Waals surface area contributed by atoms with Crippen LogP contribution in [0.2, 0.25) is 0 Å². The van der Waals surface area contributed by atoms with Gasteiger partial charge in [0.2, 0.25) is 0 Å². The van der Waals surface area contributed by atoms with Gasteiger partial charge in [0.25, 0.3) is 5.91 Å². The Hall–Kier alpha value is -3.02. The van der Waals surface area contributed by atoms with Crippen LogP contribution in [0.25, 0.3) is 11.3 Å². The molecule has 0 aliphatic heterocycles. The Balaban J connectivity index is 1.47. The molecule has 1 N–H and O–H groups in total. The van der Waals surface area contributed by atoms with E-state index in [4.69, 9.17) is 0 Å². The van der Waals surface area contributed by atoms with Crippen molar-refractivity contribution in [2.75, 3.05) is 5.32 Å². The van der Waals surface area contributed by atoms with Gasteiger partial charge in [0.1, 0.15) is 11.8 Å². The summed E-state index contributed by atoms with van der Waals surface area (Å²) >= 11 is 1.13. The fourth-order valence-electron chi connectivity index (χ4n) is 3.13. The van der Waals surface area contributed by atoms with E-state index in [2.05, 4.69) is 20.1 Å². The number of hydrogen-bond acceptors (Lipinski definition) is 5. The van der Waals surface area contributed by atoms with Gasteiger partial charge in [0.05, 0.1) is 5.69 Å². The van der Waals surface area contributed by atoms with Crippen molar-refractivity contribution in [2.24, 2.45) is 0 Å². The lowest BCUT2D eigenvalue weighted by atomic mass is 10.2. The average Bonchev–Trinajstić information content (AvgIpc) is 3.28. The molecule has 4 rings (SSSR count). The van der Waals surface area contributed by atoms with Gasteiger partial charge in [-0.05, 0) is 50.1 Å². The van der Waals surface area contributed by atoms with Crippen molar-refractivity contribution < 1.29 is 31.5 Å². The molecule has 1 aromatic carbocycles. The number of nitrogens with one attached hydrogen (secondary N) is 1. The molecule has 32 heavy (non-hydrogen) atoms. The van der Waals surface area contributed by atoms with Crippen LogP contribution in [0.4, 0.5) is 27.1 Å².